The topological polar surface area (TPSA) is 31.2 Å². The Bertz CT molecular complexity index is 692. The number of aromatic nitrogens is 1. The summed E-state index contributed by atoms with van der Waals surface area (Å²) < 4.78 is 6.94. The molecule has 0 aliphatic heterocycles. The lowest BCUT2D eigenvalue weighted by Gasteiger charge is -2.08. The maximum Gasteiger partial charge on any atom is 0.337 e. The molecule has 104 valence electrons. The normalized spacial score (nSPS) is 11.2. The summed E-state index contributed by atoms with van der Waals surface area (Å²) in [5, 5.41) is 1.04. The standard InChI is InChI=1S/C17H19NO2/c1-5-6-12(2)11-18-13(3)9-15-10-14(17(19)20-4)7-8-16(15)18/h5-10H,2,11H2,1,3-4H3. The molecule has 3 heteroatoms. The number of benzene rings is 1. The molecule has 0 atom stereocenters. The molecule has 0 spiro atoms. The number of rotatable bonds is 4. The largest absolute Gasteiger partial charge is 0.465 e. The maximum absolute atomic E-state index is 11.6. The van der Waals surface area contributed by atoms with Crippen LogP contribution in [0.2, 0.25) is 0 Å². The van der Waals surface area contributed by atoms with E-state index in [9.17, 15) is 4.79 Å². The zero-order chi connectivity index (χ0) is 14.7. The van der Waals surface area contributed by atoms with Gasteiger partial charge < -0.3 is 9.30 Å². The molecule has 0 aliphatic rings. The zero-order valence-electron chi connectivity index (χ0n) is 12.1. The van der Waals surface area contributed by atoms with Crippen molar-refractivity contribution in [1.82, 2.24) is 4.57 Å². The van der Waals surface area contributed by atoms with Crippen molar-refractivity contribution in [3.05, 3.63) is 59.8 Å². The van der Waals surface area contributed by atoms with Gasteiger partial charge in [-0.2, -0.15) is 0 Å². The molecule has 20 heavy (non-hydrogen) atoms. The van der Waals surface area contributed by atoms with Crippen LogP contribution >= 0.6 is 0 Å². The Hall–Kier alpha value is -2.29. The third-order valence-corrected chi connectivity index (χ3v) is 3.29. The van der Waals surface area contributed by atoms with Crippen molar-refractivity contribution in [1.29, 1.82) is 0 Å². The number of carbonyl (C=O) groups excluding carboxylic acids is 1. The van der Waals surface area contributed by atoms with Gasteiger partial charge in [-0.1, -0.05) is 18.7 Å². The van der Waals surface area contributed by atoms with Crippen LogP contribution in [-0.4, -0.2) is 17.6 Å². The van der Waals surface area contributed by atoms with E-state index in [2.05, 4.69) is 24.1 Å². The summed E-state index contributed by atoms with van der Waals surface area (Å²) in [5.41, 5.74) is 3.86. The van der Waals surface area contributed by atoms with Crippen molar-refractivity contribution < 1.29 is 9.53 Å². The number of carbonyl (C=O) groups is 1. The second-order valence-corrected chi connectivity index (χ2v) is 4.80. The molecular formula is C17H19NO2. The highest BCUT2D eigenvalue weighted by molar-refractivity contribution is 5.95. The highest BCUT2D eigenvalue weighted by Crippen LogP contribution is 2.22. The molecule has 0 amide bonds. The molecule has 0 radical (unpaired) electrons. The SMILES string of the molecule is C=C(C=CC)Cn1c(C)cc2cc(C(=O)OC)ccc21. The molecule has 1 heterocycles. The van der Waals surface area contributed by atoms with Crippen LogP contribution in [-0.2, 0) is 11.3 Å². The molecule has 0 bridgehead atoms. The second-order valence-electron chi connectivity index (χ2n) is 4.80. The monoisotopic (exact) mass is 269 g/mol. The fraction of sp³-hybridized carbons (Fsp3) is 0.235. The zero-order valence-corrected chi connectivity index (χ0v) is 12.1. The van der Waals surface area contributed by atoms with E-state index in [-0.39, 0.29) is 5.97 Å². The number of ether oxygens (including phenoxy) is 1. The van der Waals surface area contributed by atoms with Gasteiger partial charge in [0.05, 0.1) is 12.7 Å². The molecule has 0 unspecified atom stereocenters. The van der Waals surface area contributed by atoms with Gasteiger partial charge in [0.15, 0.2) is 0 Å². The van der Waals surface area contributed by atoms with E-state index in [1.165, 1.54) is 7.11 Å². The molecule has 1 aromatic carbocycles. The van der Waals surface area contributed by atoms with E-state index in [4.69, 9.17) is 4.74 Å². The van der Waals surface area contributed by atoms with Gasteiger partial charge >= 0.3 is 5.97 Å². The van der Waals surface area contributed by atoms with Gasteiger partial charge in [0.25, 0.3) is 0 Å². The molecule has 2 aromatic rings. The molecule has 0 saturated heterocycles. The predicted molar refractivity (Wildman–Crippen MR) is 82.0 cm³/mol. The average molecular weight is 269 g/mol. The van der Waals surface area contributed by atoms with Crippen LogP contribution in [0, 0.1) is 6.92 Å². The summed E-state index contributed by atoms with van der Waals surface area (Å²) in [5.74, 6) is -0.310. The molecule has 1 aromatic heterocycles. The van der Waals surface area contributed by atoms with Gasteiger partial charge in [0.2, 0.25) is 0 Å². The molecule has 3 nitrogen and oxygen atoms in total. The number of hydrogen-bond acceptors (Lipinski definition) is 2. The summed E-state index contributed by atoms with van der Waals surface area (Å²) in [6, 6.07) is 7.69. The Balaban J connectivity index is 2.44. The molecule has 0 aliphatic carbocycles. The van der Waals surface area contributed by atoms with Crippen LogP contribution < -0.4 is 0 Å². The minimum Gasteiger partial charge on any atom is -0.465 e. The van der Waals surface area contributed by atoms with Crippen molar-refractivity contribution in [3.63, 3.8) is 0 Å². The van der Waals surface area contributed by atoms with Gasteiger partial charge in [0.1, 0.15) is 0 Å². The summed E-state index contributed by atoms with van der Waals surface area (Å²) in [7, 11) is 1.39. The lowest BCUT2D eigenvalue weighted by Crippen LogP contribution is -2.02. The van der Waals surface area contributed by atoms with Crippen LogP contribution in [0.3, 0.4) is 0 Å². The number of fused-ring (bicyclic) bond motifs is 1. The summed E-state index contributed by atoms with van der Waals surface area (Å²) in [4.78, 5) is 11.6. The number of nitrogens with zero attached hydrogens (tertiary/aromatic N) is 1. The maximum atomic E-state index is 11.6. The third kappa shape index (κ3) is 2.67. The van der Waals surface area contributed by atoms with E-state index >= 15 is 0 Å². The van der Waals surface area contributed by atoms with E-state index in [1.54, 1.807) is 6.07 Å². The molecule has 0 saturated carbocycles. The van der Waals surface area contributed by atoms with Gasteiger partial charge in [0, 0.05) is 23.1 Å². The van der Waals surface area contributed by atoms with Crippen molar-refractivity contribution in [2.24, 2.45) is 0 Å². The Morgan fingerprint density at radius 1 is 1.40 bits per heavy atom. The highest BCUT2D eigenvalue weighted by Gasteiger charge is 2.10. The Morgan fingerprint density at radius 2 is 2.15 bits per heavy atom. The van der Waals surface area contributed by atoms with Crippen LogP contribution in [0.15, 0.2) is 48.6 Å². The molecular weight excluding hydrogens is 250 g/mol. The minimum atomic E-state index is -0.310. The lowest BCUT2D eigenvalue weighted by atomic mass is 10.1. The van der Waals surface area contributed by atoms with Gasteiger partial charge in [-0.25, -0.2) is 4.79 Å². The average Bonchev–Trinajstić information content (AvgIpc) is 2.73. The van der Waals surface area contributed by atoms with Gasteiger partial charge in [-0.3, -0.25) is 0 Å². The quantitative estimate of drug-likeness (QED) is 0.623. The van der Waals surface area contributed by atoms with E-state index in [0.29, 0.717) is 5.56 Å². The number of aryl methyl sites for hydroxylation is 1. The minimum absolute atomic E-state index is 0.310. The second kappa shape index (κ2) is 5.78. The lowest BCUT2D eigenvalue weighted by molar-refractivity contribution is 0.0601. The smallest absolute Gasteiger partial charge is 0.337 e. The van der Waals surface area contributed by atoms with Gasteiger partial charge in [-0.15, -0.1) is 0 Å². The predicted octanol–water partition coefficient (Wildman–Crippen LogP) is 3.87. The summed E-state index contributed by atoms with van der Waals surface area (Å²) >= 11 is 0. The van der Waals surface area contributed by atoms with Crippen LogP contribution in [0.4, 0.5) is 0 Å². The first-order chi connectivity index (χ1) is 9.56. The van der Waals surface area contributed by atoms with Crippen molar-refractivity contribution in [2.75, 3.05) is 7.11 Å². The number of methoxy groups -OCH3 is 1. The van der Waals surface area contributed by atoms with E-state index in [1.807, 2.05) is 31.2 Å². The molecule has 2 rings (SSSR count). The first-order valence-electron chi connectivity index (χ1n) is 6.55. The van der Waals surface area contributed by atoms with E-state index < -0.39 is 0 Å². The number of allylic oxidation sites excluding steroid dienone is 3. The fourth-order valence-electron chi connectivity index (χ4n) is 2.36. The first-order valence-corrected chi connectivity index (χ1v) is 6.55. The summed E-state index contributed by atoms with van der Waals surface area (Å²) in [6.07, 6.45) is 3.99. The first kappa shape index (κ1) is 14.1. The van der Waals surface area contributed by atoms with Crippen molar-refractivity contribution >= 4 is 16.9 Å². The molecule has 0 fully saturated rings. The summed E-state index contributed by atoms with van der Waals surface area (Å²) in [6.45, 7) is 8.83. The Labute approximate surface area is 119 Å². The number of esters is 1. The number of hydrogen-bond donors (Lipinski definition) is 0. The Morgan fingerprint density at radius 3 is 2.80 bits per heavy atom. The van der Waals surface area contributed by atoms with E-state index in [0.717, 1.165) is 28.7 Å². The van der Waals surface area contributed by atoms with Crippen LogP contribution in [0.1, 0.15) is 23.0 Å². The van der Waals surface area contributed by atoms with Crippen LogP contribution in [0.5, 0.6) is 0 Å². The van der Waals surface area contributed by atoms with Crippen LogP contribution in [0.25, 0.3) is 10.9 Å². The highest BCUT2D eigenvalue weighted by atomic mass is 16.5. The van der Waals surface area contributed by atoms with Crippen molar-refractivity contribution in [3.8, 4) is 0 Å². The van der Waals surface area contributed by atoms with Gasteiger partial charge in [-0.05, 0) is 43.7 Å². The van der Waals surface area contributed by atoms with Crippen molar-refractivity contribution in [2.45, 2.75) is 20.4 Å². The fourth-order valence-corrected chi connectivity index (χ4v) is 2.36. The third-order valence-electron chi connectivity index (χ3n) is 3.29. The molecule has 0 N–H and O–H groups in total. The Kier molecular flexibility index (Phi) is 4.08.